The van der Waals surface area contributed by atoms with E-state index in [4.69, 9.17) is 4.74 Å². The number of nitrogens with zero attached hydrogens (tertiary/aromatic N) is 4. The number of ether oxygens (including phenoxy) is 1. The summed E-state index contributed by atoms with van der Waals surface area (Å²) in [6, 6.07) is 14.3. The van der Waals surface area contributed by atoms with Crippen molar-refractivity contribution in [2.75, 3.05) is 18.5 Å². The number of anilines is 1. The largest absolute Gasteiger partial charge is 0.459 e. The van der Waals surface area contributed by atoms with Crippen LogP contribution in [0, 0.1) is 17.7 Å². The molecule has 47 heavy (non-hydrogen) atoms. The van der Waals surface area contributed by atoms with E-state index in [9.17, 15) is 28.0 Å². The van der Waals surface area contributed by atoms with Gasteiger partial charge in [-0.1, -0.05) is 6.07 Å². The van der Waals surface area contributed by atoms with E-state index in [-0.39, 0.29) is 42.1 Å². The average Bonchev–Trinajstić information content (AvgIpc) is 3.12. The molecule has 1 fully saturated rings. The van der Waals surface area contributed by atoms with Crippen LogP contribution >= 0.6 is 0 Å². The predicted octanol–water partition coefficient (Wildman–Crippen LogP) is 4.79. The number of carbonyl (C=O) groups excluding carboxylic acids is 4. The third-order valence-electron chi connectivity index (χ3n) is 8.57. The van der Waals surface area contributed by atoms with Crippen molar-refractivity contribution >= 4 is 29.4 Å². The van der Waals surface area contributed by atoms with Crippen LogP contribution in [-0.4, -0.2) is 64.3 Å². The molecule has 1 N–H and O–H groups in total. The normalized spacial score (nSPS) is 19.0. The summed E-state index contributed by atoms with van der Waals surface area (Å²) in [4.78, 5) is 62.8. The average molecular weight is 640 g/mol. The number of fused-ring (bicyclic) bond motifs is 1. The van der Waals surface area contributed by atoms with Gasteiger partial charge in [0.25, 0.3) is 11.8 Å². The van der Waals surface area contributed by atoms with Gasteiger partial charge in [0, 0.05) is 44.3 Å². The fourth-order valence-electron chi connectivity index (χ4n) is 5.85. The monoisotopic (exact) mass is 639 g/mol. The van der Waals surface area contributed by atoms with Gasteiger partial charge in [0.15, 0.2) is 0 Å². The Morgan fingerprint density at radius 1 is 0.957 bits per heavy atom. The van der Waals surface area contributed by atoms with Crippen molar-refractivity contribution in [1.29, 1.82) is 0 Å². The van der Waals surface area contributed by atoms with Gasteiger partial charge < -0.3 is 19.9 Å². The molecule has 2 aliphatic rings. The number of likely N-dealkylation sites (N-methyl/N-ethyl adjacent to an activating group) is 1. The summed E-state index contributed by atoms with van der Waals surface area (Å²) in [7, 11) is 1.62. The van der Waals surface area contributed by atoms with Crippen LogP contribution in [0.15, 0.2) is 79.3 Å². The number of carbonyl (C=O) groups is 4. The summed E-state index contributed by atoms with van der Waals surface area (Å²) in [6.07, 6.45) is 5.15. The lowest BCUT2D eigenvalue weighted by atomic mass is 9.82. The van der Waals surface area contributed by atoms with Crippen molar-refractivity contribution in [3.8, 4) is 11.1 Å². The van der Waals surface area contributed by atoms with Gasteiger partial charge in [-0.2, -0.15) is 4.39 Å². The number of esters is 1. The van der Waals surface area contributed by atoms with Crippen molar-refractivity contribution in [3.05, 3.63) is 113 Å². The van der Waals surface area contributed by atoms with E-state index in [1.165, 1.54) is 28.0 Å². The van der Waals surface area contributed by atoms with Crippen LogP contribution in [0.1, 0.15) is 56.4 Å². The SMILES string of the molecule is C[C@@H]1C(=O)N(C)c2cc(-c3ccncc3)ccc2C(=O)N1Cc1cc(F)cc(C(=O)NC[C@H]2C[C@@H](OC(=O)c3ccc(F)nc3)C2)c1. The molecule has 0 radical (unpaired) electrons. The molecule has 1 saturated carbocycles. The lowest BCUT2D eigenvalue weighted by Gasteiger charge is -2.34. The zero-order valence-electron chi connectivity index (χ0n) is 25.7. The third-order valence-corrected chi connectivity index (χ3v) is 8.57. The van der Waals surface area contributed by atoms with E-state index in [1.807, 2.05) is 12.1 Å². The summed E-state index contributed by atoms with van der Waals surface area (Å²) in [5.74, 6) is -3.09. The molecule has 1 aliphatic carbocycles. The summed E-state index contributed by atoms with van der Waals surface area (Å²) < 4.78 is 33.2. The molecule has 0 spiro atoms. The molecule has 240 valence electrons. The molecule has 0 saturated heterocycles. The van der Waals surface area contributed by atoms with Crippen LogP contribution in [0.3, 0.4) is 0 Å². The molecule has 0 unspecified atom stereocenters. The summed E-state index contributed by atoms with van der Waals surface area (Å²) >= 11 is 0. The number of benzene rings is 2. The van der Waals surface area contributed by atoms with Crippen LogP contribution in [0.25, 0.3) is 11.1 Å². The van der Waals surface area contributed by atoms with Crippen LogP contribution in [0.2, 0.25) is 0 Å². The molecule has 6 rings (SSSR count). The van der Waals surface area contributed by atoms with E-state index in [0.717, 1.165) is 29.5 Å². The number of hydrogen-bond donors (Lipinski definition) is 1. The third kappa shape index (κ3) is 6.71. The Labute approximate surface area is 269 Å². The fourth-order valence-corrected chi connectivity index (χ4v) is 5.85. The first-order valence-corrected chi connectivity index (χ1v) is 15.1. The highest BCUT2D eigenvalue weighted by Crippen LogP contribution is 2.33. The highest BCUT2D eigenvalue weighted by molar-refractivity contribution is 6.11. The second-order valence-corrected chi connectivity index (χ2v) is 11.8. The van der Waals surface area contributed by atoms with Crippen LogP contribution in [0.5, 0.6) is 0 Å². The second kappa shape index (κ2) is 13.1. The highest BCUT2D eigenvalue weighted by atomic mass is 19.1. The Morgan fingerprint density at radius 2 is 1.72 bits per heavy atom. The summed E-state index contributed by atoms with van der Waals surface area (Å²) in [5, 5.41) is 2.80. The molecular formula is C35H31F2N5O5. The van der Waals surface area contributed by atoms with E-state index >= 15 is 0 Å². The Hall–Kier alpha value is -5.52. The number of aromatic nitrogens is 2. The van der Waals surface area contributed by atoms with Gasteiger partial charge in [0.2, 0.25) is 11.9 Å². The first kappa shape index (κ1) is 31.5. The molecule has 2 aromatic heterocycles. The van der Waals surface area contributed by atoms with Gasteiger partial charge in [-0.15, -0.1) is 0 Å². The van der Waals surface area contributed by atoms with Crippen LogP contribution in [-0.2, 0) is 16.1 Å². The standard InChI is InChI=1S/C35H31F2N5O5/c1-20-33(44)41(2)30-16-24(23-7-9-38-10-8-23)3-5-29(30)34(45)42(20)19-22-11-26(15-27(36)12-22)32(43)40-17-21-13-28(14-21)47-35(46)25-4-6-31(37)39-18-25/h3-12,15-16,18,20-21,28H,13-14,17,19H2,1-2H3,(H,40,43)/t20-,21-,28+/m1/s1. The van der Waals surface area contributed by atoms with Gasteiger partial charge in [0.05, 0.1) is 16.8 Å². The number of hydrogen-bond acceptors (Lipinski definition) is 7. The molecule has 4 aromatic rings. The van der Waals surface area contributed by atoms with Crippen molar-refractivity contribution in [2.24, 2.45) is 5.92 Å². The Balaban J connectivity index is 1.10. The first-order valence-electron chi connectivity index (χ1n) is 15.1. The maximum Gasteiger partial charge on any atom is 0.339 e. The van der Waals surface area contributed by atoms with Gasteiger partial charge in [-0.05, 0) is 97.0 Å². The predicted molar refractivity (Wildman–Crippen MR) is 167 cm³/mol. The van der Waals surface area contributed by atoms with E-state index in [1.54, 1.807) is 44.6 Å². The molecule has 10 nitrogen and oxygen atoms in total. The lowest BCUT2D eigenvalue weighted by molar-refractivity contribution is -0.122. The minimum absolute atomic E-state index is 0.0498. The van der Waals surface area contributed by atoms with Gasteiger partial charge in [-0.3, -0.25) is 19.4 Å². The topological polar surface area (TPSA) is 122 Å². The lowest BCUT2D eigenvalue weighted by Crippen LogP contribution is -2.45. The fraction of sp³-hybridized carbons (Fsp3) is 0.257. The van der Waals surface area contributed by atoms with E-state index in [2.05, 4.69) is 15.3 Å². The number of nitrogens with one attached hydrogen (secondary N) is 1. The molecule has 1 atom stereocenters. The smallest absolute Gasteiger partial charge is 0.339 e. The molecule has 12 heteroatoms. The van der Waals surface area contributed by atoms with Gasteiger partial charge >= 0.3 is 5.97 Å². The van der Waals surface area contributed by atoms with Crippen molar-refractivity contribution in [2.45, 2.75) is 38.5 Å². The molecule has 2 aromatic carbocycles. The maximum absolute atomic E-state index is 14.8. The highest BCUT2D eigenvalue weighted by Gasteiger charge is 2.36. The molecule has 3 heterocycles. The zero-order chi connectivity index (χ0) is 33.2. The maximum atomic E-state index is 14.8. The van der Waals surface area contributed by atoms with Crippen molar-refractivity contribution in [1.82, 2.24) is 20.2 Å². The molecule has 1 aliphatic heterocycles. The van der Waals surface area contributed by atoms with E-state index in [0.29, 0.717) is 29.7 Å². The van der Waals surface area contributed by atoms with Gasteiger partial charge in [0.1, 0.15) is 18.0 Å². The Morgan fingerprint density at radius 3 is 2.45 bits per heavy atom. The summed E-state index contributed by atoms with van der Waals surface area (Å²) in [5.41, 5.74) is 3.08. The Kier molecular flexibility index (Phi) is 8.75. The number of rotatable bonds is 8. The van der Waals surface area contributed by atoms with Crippen molar-refractivity contribution in [3.63, 3.8) is 0 Å². The molecular weight excluding hydrogens is 608 g/mol. The molecule has 3 amide bonds. The molecule has 0 bridgehead atoms. The van der Waals surface area contributed by atoms with Crippen LogP contribution in [0.4, 0.5) is 14.5 Å². The Bertz CT molecular complexity index is 1850. The quantitative estimate of drug-likeness (QED) is 0.217. The van der Waals surface area contributed by atoms with Gasteiger partial charge in [-0.25, -0.2) is 14.2 Å². The number of pyridine rings is 2. The number of amides is 3. The van der Waals surface area contributed by atoms with E-state index < -0.39 is 35.6 Å². The first-order chi connectivity index (χ1) is 22.6. The zero-order valence-corrected chi connectivity index (χ0v) is 25.7. The van der Waals surface area contributed by atoms with Crippen molar-refractivity contribution < 1.29 is 32.7 Å². The minimum Gasteiger partial charge on any atom is -0.459 e. The minimum atomic E-state index is -0.857. The van der Waals surface area contributed by atoms with Crippen LogP contribution < -0.4 is 10.2 Å². The summed E-state index contributed by atoms with van der Waals surface area (Å²) in [6.45, 7) is 1.82. The second-order valence-electron chi connectivity index (χ2n) is 11.8. The number of halogens is 2.